The average molecular weight is 419 g/mol. The van der Waals surface area contributed by atoms with Gasteiger partial charge in [-0.1, -0.05) is 12.1 Å². The maximum atomic E-state index is 12.2. The van der Waals surface area contributed by atoms with E-state index in [1.807, 2.05) is 0 Å². The van der Waals surface area contributed by atoms with Crippen molar-refractivity contribution in [3.8, 4) is 17.1 Å². The van der Waals surface area contributed by atoms with Crippen LogP contribution in [0.2, 0.25) is 0 Å². The third-order valence-corrected chi connectivity index (χ3v) is 3.72. The smallest absolute Gasteiger partial charge is 0.406 e. The first-order chi connectivity index (χ1) is 14.3. The molecule has 0 aliphatic heterocycles. The number of nitrogens with one attached hydrogen (secondary N) is 2. The minimum atomic E-state index is -4.76. The molecule has 1 heterocycles. The molecule has 0 bridgehead atoms. The Bertz CT molecular complexity index is 996. The molecule has 0 atom stereocenters. The number of hydrogen-bond acceptors (Lipinski definition) is 7. The number of carbonyl (C=O) groups excluding carboxylic acids is 1. The molecule has 0 aliphatic carbocycles. The number of benzene rings is 2. The molecule has 3 aromatic rings. The second-order valence-electron chi connectivity index (χ2n) is 5.89. The fourth-order valence-electron chi connectivity index (χ4n) is 2.41. The van der Waals surface area contributed by atoms with Crippen LogP contribution in [0.25, 0.3) is 11.4 Å². The molecular weight excluding hydrogens is 403 g/mol. The third kappa shape index (κ3) is 5.88. The third-order valence-electron chi connectivity index (χ3n) is 3.72. The Morgan fingerprint density at radius 2 is 1.73 bits per heavy atom. The summed E-state index contributed by atoms with van der Waals surface area (Å²) in [6.45, 7) is 0.00885. The number of alkyl halides is 3. The zero-order valence-corrected chi connectivity index (χ0v) is 15.3. The van der Waals surface area contributed by atoms with Crippen molar-refractivity contribution in [3.05, 3.63) is 60.4 Å². The number of halogens is 3. The Kier molecular flexibility index (Phi) is 6.42. The van der Waals surface area contributed by atoms with E-state index in [1.165, 1.54) is 30.6 Å². The van der Waals surface area contributed by atoms with Gasteiger partial charge in [0.1, 0.15) is 12.1 Å². The summed E-state index contributed by atoms with van der Waals surface area (Å²) in [6.07, 6.45) is -3.47. The number of hydrogen-bond donors (Lipinski definition) is 3. The van der Waals surface area contributed by atoms with Crippen molar-refractivity contribution in [2.24, 2.45) is 0 Å². The zero-order chi connectivity index (χ0) is 21.6. The highest BCUT2D eigenvalue weighted by Crippen LogP contribution is 2.25. The minimum absolute atomic E-state index is 0.150. The van der Waals surface area contributed by atoms with E-state index in [0.717, 1.165) is 0 Å². The molecule has 30 heavy (non-hydrogen) atoms. The molecule has 0 radical (unpaired) electrons. The van der Waals surface area contributed by atoms with Gasteiger partial charge in [0.15, 0.2) is 5.82 Å². The van der Waals surface area contributed by atoms with Crippen LogP contribution in [0.15, 0.2) is 54.9 Å². The fraction of sp³-hybridized carbons (Fsp3) is 0.158. The van der Waals surface area contributed by atoms with Crippen molar-refractivity contribution in [3.63, 3.8) is 0 Å². The molecule has 8 nitrogen and oxygen atoms in total. The summed E-state index contributed by atoms with van der Waals surface area (Å²) >= 11 is 0. The second kappa shape index (κ2) is 9.18. The van der Waals surface area contributed by atoms with E-state index in [1.54, 1.807) is 24.3 Å². The summed E-state index contributed by atoms with van der Waals surface area (Å²) in [5.41, 5.74) is 1.51. The topological polar surface area (TPSA) is 109 Å². The van der Waals surface area contributed by atoms with Crippen LogP contribution in [-0.2, 0) is 0 Å². The fourth-order valence-corrected chi connectivity index (χ4v) is 2.41. The number of aromatic nitrogens is 3. The molecule has 3 N–H and O–H groups in total. The summed E-state index contributed by atoms with van der Waals surface area (Å²) in [5, 5.41) is 14.2. The van der Waals surface area contributed by atoms with Crippen LogP contribution in [0, 0.1) is 0 Å². The average Bonchev–Trinajstić information content (AvgIpc) is 2.73. The van der Waals surface area contributed by atoms with Crippen LogP contribution in [-0.4, -0.2) is 45.5 Å². The molecule has 11 heteroatoms. The normalized spacial score (nSPS) is 11.1. The highest BCUT2D eigenvalue weighted by atomic mass is 19.4. The highest BCUT2D eigenvalue weighted by Gasteiger charge is 2.30. The molecule has 156 valence electrons. The first-order valence-corrected chi connectivity index (χ1v) is 8.65. The Hall–Kier alpha value is -3.73. The number of rotatable bonds is 7. The molecular formula is C19H16F3N5O3. The molecule has 0 saturated carbocycles. The molecule has 2 aromatic carbocycles. The standard InChI is InChI=1S/C19H16F3N5O3/c20-19(21,22)30-15-7-5-14(6-8-15)26-18-25-11-24-16(27-18)12-1-3-13(4-2-12)17(29)23-9-10-28/h1-8,11,28H,9-10H2,(H,23,29)(H,24,25,26,27). The van der Waals surface area contributed by atoms with Gasteiger partial charge in [-0.2, -0.15) is 4.98 Å². The van der Waals surface area contributed by atoms with E-state index in [9.17, 15) is 18.0 Å². The Balaban J connectivity index is 1.69. The molecule has 1 aromatic heterocycles. The lowest BCUT2D eigenvalue weighted by Crippen LogP contribution is -2.26. The Labute approximate surface area is 168 Å². The molecule has 0 unspecified atom stereocenters. The van der Waals surface area contributed by atoms with Gasteiger partial charge in [-0.05, 0) is 36.4 Å². The number of amides is 1. The first-order valence-electron chi connectivity index (χ1n) is 8.65. The Morgan fingerprint density at radius 1 is 1.03 bits per heavy atom. The van der Waals surface area contributed by atoms with Gasteiger partial charge >= 0.3 is 6.36 Å². The zero-order valence-electron chi connectivity index (χ0n) is 15.3. The SMILES string of the molecule is O=C(NCCO)c1ccc(-c2ncnc(Nc3ccc(OC(F)(F)F)cc3)n2)cc1. The lowest BCUT2D eigenvalue weighted by atomic mass is 10.1. The number of anilines is 2. The van der Waals surface area contributed by atoms with Gasteiger partial charge < -0.3 is 20.5 Å². The van der Waals surface area contributed by atoms with Gasteiger partial charge in [-0.3, -0.25) is 4.79 Å². The lowest BCUT2D eigenvalue weighted by molar-refractivity contribution is -0.274. The van der Waals surface area contributed by atoms with Crippen LogP contribution in [0.5, 0.6) is 5.75 Å². The number of aliphatic hydroxyl groups is 1. The van der Waals surface area contributed by atoms with E-state index in [4.69, 9.17) is 5.11 Å². The predicted octanol–water partition coefficient (Wildman–Crippen LogP) is 2.90. The van der Waals surface area contributed by atoms with E-state index in [0.29, 0.717) is 22.6 Å². The largest absolute Gasteiger partial charge is 0.573 e. The Morgan fingerprint density at radius 3 is 2.37 bits per heavy atom. The number of ether oxygens (including phenoxy) is 1. The van der Waals surface area contributed by atoms with Gasteiger partial charge in [0.05, 0.1) is 6.61 Å². The van der Waals surface area contributed by atoms with Crippen LogP contribution in [0.1, 0.15) is 10.4 Å². The van der Waals surface area contributed by atoms with E-state index < -0.39 is 6.36 Å². The maximum Gasteiger partial charge on any atom is 0.573 e. The van der Waals surface area contributed by atoms with Crippen molar-refractivity contribution >= 4 is 17.5 Å². The van der Waals surface area contributed by atoms with E-state index >= 15 is 0 Å². The maximum absolute atomic E-state index is 12.2. The number of carbonyl (C=O) groups is 1. The number of aliphatic hydroxyl groups excluding tert-OH is 1. The summed E-state index contributed by atoms with van der Waals surface area (Å²) in [7, 11) is 0. The molecule has 0 saturated heterocycles. The van der Waals surface area contributed by atoms with E-state index in [-0.39, 0.29) is 30.8 Å². The molecule has 0 aliphatic rings. The molecule has 3 rings (SSSR count). The summed E-state index contributed by atoms with van der Waals surface area (Å²) in [5.74, 6) is -0.125. The van der Waals surface area contributed by atoms with Crippen molar-refractivity contribution in [1.82, 2.24) is 20.3 Å². The van der Waals surface area contributed by atoms with Gasteiger partial charge in [0, 0.05) is 23.4 Å². The molecule has 1 amide bonds. The number of nitrogens with zero attached hydrogens (tertiary/aromatic N) is 3. The minimum Gasteiger partial charge on any atom is -0.406 e. The molecule has 0 spiro atoms. The van der Waals surface area contributed by atoms with Gasteiger partial charge in [-0.25, -0.2) is 9.97 Å². The summed E-state index contributed by atoms with van der Waals surface area (Å²) in [6, 6.07) is 11.6. The summed E-state index contributed by atoms with van der Waals surface area (Å²) < 4.78 is 40.5. The first kappa shape index (κ1) is 21.0. The van der Waals surface area contributed by atoms with Crippen LogP contribution in [0.4, 0.5) is 24.8 Å². The summed E-state index contributed by atoms with van der Waals surface area (Å²) in [4.78, 5) is 24.2. The van der Waals surface area contributed by atoms with Crippen molar-refractivity contribution in [2.75, 3.05) is 18.5 Å². The van der Waals surface area contributed by atoms with Crippen molar-refractivity contribution in [1.29, 1.82) is 0 Å². The quantitative estimate of drug-likeness (QED) is 0.540. The predicted molar refractivity (Wildman–Crippen MR) is 101 cm³/mol. The van der Waals surface area contributed by atoms with Crippen LogP contribution >= 0.6 is 0 Å². The van der Waals surface area contributed by atoms with Gasteiger partial charge in [0.25, 0.3) is 5.91 Å². The van der Waals surface area contributed by atoms with E-state index in [2.05, 4.69) is 30.3 Å². The molecule has 0 fully saturated rings. The lowest BCUT2D eigenvalue weighted by Gasteiger charge is -2.10. The van der Waals surface area contributed by atoms with Crippen molar-refractivity contribution in [2.45, 2.75) is 6.36 Å². The second-order valence-corrected chi connectivity index (χ2v) is 5.89. The van der Waals surface area contributed by atoms with Gasteiger partial charge in [-0.15, -0.1) is 13.2 Å². The monoisotopic (exact) mass is 419 g/mol. The highest BCUT2D eigenvalue weighted by molar-refractivity contribution is 5.94. The van der Waals surface area contributed by atoms with Gasteiger partial charge in [0.2, 0.25) is 5.95 Å². The van der Waals surface area contributed by atoms with Crippen molar-refractivity contribution < 1.29 is 27.8 Å². The van der Waals surface area contributed by atoms with Crippen LogP contribution in [0.3, 0.4) is 0 Å². The van der Waals surface area contributed by atoms with Crippen LogP contribution < -0.4 is 15.4 Å².